The van der Waals surface area contributed by atoms with Gasteiger partial charge in [0.2, 0.25) is 6.10 Å². The predicted molar refractivity (Wildman–Crippen MR) is 109 cm³/mol. The van der Waals surface area contributed by atoms with Gasteiger partial charge in [0.05, 0.1) is 5.92 Å². The van der Waals surface area contributed by atoms with Crippen molar-refractivity contribution in [3.05, 3.63) is 33.1 Å². The second kappa shape index (κ2) is 9.54. The van der Waals surface area contributed by atoms with Crippen molar-refractivity contribution in [1.82, 2.24) is 9.13 Å². The number of hydrogen-bond donors (Lipinski definition) is 1. The number of carbonyl (C=O) groups excluding carboxylic acids is 3. The minimum atomic E-state index is -2.88. The highest BCUT2D eigenvalue weighted by molar-refractivity contribution is 5.75. The quantitative estimate of drug-likeness (QED) is 0.381. The number of hydrogen-bond acceptors (Lipinski definition) is 11. The van der Waals surface area contributed by atoms with Crippen LogP contribution in [0.4, 0.5) is 9.18 Å². The molecule has 0 amide bonds. The lowest BCUT2D eigenvalue weighted by Gasteiger charge is -2.24. The summed E-state index contributed by atoms with van der Waals surface area (Å²) in [5, 5.41) is 0. The summed E-state index contributed by atoms with van der Waals surface area (Å²) in [5.74, 6) is -5.22. The number of nitrogens with zero attached hydrogens (tertiary/aromatic N) is 2. The number of nitrogens with two attached hydrogens (primary N) is 1. The van der Waals surface area contributed by atoms with E-state index in [0.717, 1.165) is 16.8 Å². The molecule has 0 aliphatic carbocycles. The molecule has 0 saturated carbocycles. The van der Waals surface area contributed by atoms with Crippen molar-refractivity contribution < 1.29 is 42.5 Å². The number of alkyl halides is 1. The van der Waals surface area contributed by atoms with Crippen LogP contribution in [-0.2, 0) is 40.0 Å². The molecule has 0 spiro atoms. The number of ether oxygens (including phenoxy) is 5. The maximum Gasteiger partial charge on any atom is 0.509 e. The molecule has 14 heteroatoms. The maximum atomic E-state index is 15.7. The van der Waals surface area contributed by atoms with Crippen LogP contribution >= 0.6 is 0 Å². The molecule has 0 aromatic carbocycles. The third-order valence-electron chi connectivity index (χ3n) is 5.36. The molecule has 5 atom stereocenters. The minimum Gasteiger partial charge on any atom is -0.458 e. The molecule has 0 bridgehead atoms. The Labute approximate surface area is 192 Å². The molecule has 2 aliphatic rings. The van der Waals surface area contributed by atoms with E-state index in [4.69, 9.17) is 29.4 Å². The van der Waals surface area contributed by atoms with E-state index in [-0.39, 0.29) is 5.92 Å². The first-order valence-electron chi connectivity index (χ1n) is 10.5. The van der Waals surface area contributed by atoms with Gasteiger partial charge in [-0.25, -0.2) is 18.5 Å². The summed E-state index contributed by atoms with van der Waals surface area (Å²) in [6.45, 7) is 4.77. The third kappa shape index (κ3) is 4.82. The van der Waals surface area contributed by atoms with Gasteiger partial charge in [0.25, 0.3) is 11.4 Å². The van der Waals surface area contributed by atoms with Crippen molar-refractivity contribution in [2.45, 2.75) is 64.8 Å². The van der Waals surface area contributed by atoms with Gasteiger partial charge in [0.15, 0.2) is 25.7 Å². The summed E-state index contributed by atoms with van der Waals surface area (Å²) in [6, 6.07) is -0.0701. The zero-order valence-electron chi connectivity index (χ0n) is 19.0. The average Bonchev–Trinajstić information content (AvgIpc) is 3.28. The summed E-state index contributed by atoms with van der Waals surface area (Å²) >= 11 is 0. The topological polar surface area (TPSA) is 167 Å². The van der Waals surface area contributed by atoms with Crippen LogP contribution in [0.3, 0.4) is 0 Å². The molecular weight excluding hydrogens is 461 g/mol. The van der Waals surface area contributed by atoms with Crippen molar-refractivity contribution in [2.24, 2.45) is 17.6 Å². The lowest BCUT2D eigenvalue weighted by Crippen LogP contribution is -2.45. The first kappa shape index (κ1) is 25.4. The van der Waals surface area contributed by atoms with E-state index >= 15 is 4.39 Å². The zero-order valence-corrected chi connectivity index (χ0v) is 19.0. The molecule has 2 saturated heterocycles. The normalized spacial score (nSPS) is 26.7. The van der Waals surface area contributed by atoms with Crippen LogP contribution in [0.1, 0.15) is 33.9 Å². The Bertz CT molecular complexity index is 1080. The maximum absolute atomic E-state index is 15.7. The van der Waals surface area contributed by atoms with Crippen molar-refractivity contribution in [3.63, 3.8) is 0 Å². The number of esters is 2. The Hall–Kier alpha value is -3.26. The first-order chi connectivity index (χ1) is 15.9. The van der Waals surface area contributed by atoms with E-state index in [9.17, 15) is 24.0 Å². The Balaban J connectivity index is 1.87. The van der Waals surface area contributed by atoms with Crippen molar-refractivity contribution in [1.29, 1.82) is 0 Å². The fraction of sp³-hybridized carbons (Fsp3) is 0.650. The summed E-state index contributed by atoms with van der Waals surface area (Å²) in [4.78, 5) is 60.6. The highest BCUT2D eigenvalue weighted by Crippen LogP contribution is 2.44. The van der Waals surface area contributed by atoms with Gasteiger partial charge in [-0.05, 0) is 5.92 Å². The lowest BCUT2D eigenvalue weighted by atomic mass is 10.1. The van der Waals surface area contributed by atoms with Gasteiger partial charge in [-0.1, -0.05) is 27.7 Å². The van der Waals surface area contributed by atoms with Gasteiger partial charge in [0.1, 0.15) is 6.04 Å². The Morgan fingerprint density at radius 3 is 2.44 bits per heavy atom. The van der Waals surface area contributed by atoms with Gasteiger partial charge in [-0.2, -0.15) is 0 Å². The van der Waals surface area contributed by atoms with Gasteiger partial charge in [-0.15, -0.1) is 0 Å². The van der Waals surface area contributed by atoms with Gasteiger partial charge in [0, 0.05) is 12.3 Å². The van der Waals surface area contributed by atoms with Crippen LogP contribution in [0.2, 0.25) is 0 Å². The van der Waals surface area contributed by atoms with E-state index in [0.29, 0.717) is 4.57 Å². The number of fused-ring (bicyclic) bond motifs is 1. The van der Waals surface area contributed by atoms with Crippen LogP contribution in [0.5, 0.6) is 0 Å². The zero-order chi connectivity index (χ0) is 25.4. The molecule has 1 aromatic heterocycles. The van der Waals surface area contributed by atoms with E-state index in [1.54, 1.807) is 27.7 Å². The van der Waals surface area contributed by atoms with Crippen molar-refractivity contribution in [2.75, 3.05) is 6.61 Å². The second-order valence-corrected chi connectivity index (χ2v) is 8.56. The molecule has 34 heavy (non-hydrogen) atoms. The highest BCUT2D eigenvalue weighted by Gasteiger charge is 2.65. The molecule has 188 valence electrons. The largest absolute Gasteiger partial charge is 0.509 e. The first-order valence-corrected chi connectivity index (χ1v) is 10.5. The minimum absolute atomic E-state index is 0.287. The molecule has 0 unspecified atom stereocenters. The molecule has 13 nitrogen and oxygen atoms in total. The summed E-state index contributed by atoms with van der Waals surface area (Å²) in [5.41, 5.74) is 3.87. The monoisotopic (exact) mass is 487 g/mol. The summed E-state index contributed by atoms with van der Waals surface area (Å²) in [7, 11) is 0. The van der Waals surface area contributed by atoms with E-state index in [1.807, 2.05) is 0 Å². The smallest absolute Gasteiger partial charge is 0.458 e. The lowest BCUT2D eigenvalue weighted by molar-refractivity contribution is -0.220. The fourth-order valence-corrected chi connectivity index (χ4v) is 3.26. The standard InChI is InChI=1S/C20H26FN3O10/c1-9(2)12(22)17(27)30-7-20(21)14-13(32-19(29)33-14)15(34-20)23-6-5-11(25)24(18(23)28)8-31-16(26)10(3)4/h5-6,9-10,12-15H,7-8,22H2,1-4H3/t12-,13+,14-,15+,20+/m0/s1. The van der Waals surface area contributed by atoms with E-state index < -0.39 is 78.9 Å². The molecule has 2 N–H and O–H groups in total. The van der Waals surface area contributed by atoms with E-state index in [2.05, 4.69) is 0 Å². The Morgan fingerprint density at radius 2 is 1.82 bits per heavy atom. The second-order valence-electron chi connectivity index (χ2n) is 8.56. The van der Waals surface area contributed by atoms with Crippen LogP contribution in [-0.4, -0.2) is 57.9 Å². The van der Waals surface area contributed by atoms with Crippen LogP contribution in [0.15, 0.2) is 21.9 Å². The third-order valence-corrected chi connectivity index (χ3v) is 5.36. The molecule has 3 heterocycles. The number of rotatable bonds is 8. The fourth-order valence-electron chi connectivity index (χ4n) is 3.26. The predicted octanol–water partition coefficient (Wildman–Crippen LogP) is -0.208. The number of carbonyl (C=O) groups is 3. The summed E-state index contributed by atoms with van der Waals surface area (Å²) in [6.07, 6.45) is -4.93. The molecule has 3 rings (SSSR count). The van der Waals surface area contributed by atoms with Crippen molar-refractivity contribution >= 4 is 18.1 Å². The van der Waals surface area contributed by atoms with Gasteiger partial charge in [-0.3, -0.25) is 19.0 Å². The van der Waals surface area contributed by atoms with Crippen molar-refractivity contribution in [3.8, 4) is 0 Å². The highest BCUT2D eigenvalue weighted by atomic mass is 19.2. The molecule has 2 aliphatic heterocycles. The molecular formula is C20H26FN3O10. The summed E-state index contributed by atoms with van der Waals surface area (Å²) < 4.78 is 42.1. The number of aromatic nitrogens is 2. The molecule has 2 fully saturated rings. The number of halogens is 1. The van der Waals surface area contributed by atoms with Crippen LogP contribution in [0.25, 0.3) is 0 Å². The Morgan fingerprint density at radius 1 is 1.15 bits per heavy atom. The average molecular weight is 487 g/mol. The van der Waals surface area contributed by atoms with Crippen LogP contribution in [0, 0.1) is 11.8 Å². The van der Waals surface area contributed by atoms with Gasteiger partial charge < -0.3 is 29.4 Å². The SMILES string of the molecule is CC(C)C(=O)OCn1c(=O)ccn([C@@H]2O[C@](F)(COC(=O)[C@@H](N)C(C)C)[C@H]3OC(=O)O[C@@H]23)c1=O. The molecule has 0 radical (unpaired) electrons. The molecule has 1 aromatic rings. The van der Waals surface area contributed by atoms with Crippen LogP contribution < -0.4 is 17.0 Å². The Kier molecular flexibility index (Phi) is 7.12. The van der Waals surface area contributed by atoms with Gasteiger partial charge >= 0.3 is 23.8 Å². The van der Waals surface area contributed by atoms with E-state index in [1.165, 1.54) is 0 Å².